The molecule has 0 radical (unpaired) electrons. The number of ether oxygens (including phenoxy) is 1. The SMILES string of the molecule is CCNC(=NCCC(=O)OC)N1CCN(c2ccccc2O)CC1.I. The Hall–Kier alpha value is -1.71. The molecule has 1 fully saturated rings. The summed E-state index contributed by atoms with van der Waals surface area (Å²) < 4.78 is 4.64. The highest BCUT2D eigenvalue weighted by molar-refractivity contribution is 14.0. The zero-order valence-electron chi connectivity index (χ0n) is 14.8. The molecule has 0 bridgehead atoms. The van der Waals surface area contributed by atoms with Crippen LogP contribution in [0.15, 0.2) is 29.3 Å². The van der Waals surface area contributed by atoms with Gasteiger partial charge < -0.3 is 25.0 Å². The smallest absolute Gasteiger partial charge is 0.307 e. The van der Waals surface area contributed by atoms with E-state index in [1.54, 1.807) is 6.07 Å². The van der Waals surface area contributed by atoms with Crippen LogP contribution in [-0.4, -0.2) is 68.3 Å². The van der Waals surface area contributed by atoms with E-state index in [9.17, 15) is 9.90 Å². The second-order valence-electron chi connectivity index (χ2n) is 5.52. The fraction of sp³-hybridized carbons (Fsp3) is 0.529. The van der Waals surface area contributed by atoms with Crippen LogP contribution in [0.3, 0.4) is 0 Å². The number of carbonyl (C=O) groups is 1. The first kappa shape index (κ1) is 21.3. The molecule has 25 heavy (non-hydrogen) atoms. The zero-order chi connectivity index (χ0) is 17.4. The summed E-state index contributed by atoms with van der Waals surface area (Å²) in [5.41, 5.74) is 0.866. The van der Waals surface area contributed by atoms with Gasteiger partial charge in [-0.1, -0.05) is 12.1 Å². The van der Waals surface area contributed by atoms with E-state index in [2.05, 4.69) is 24.8 Å². The minimum atomic E-state index is -0.251. The Bertz CT molecular complexity index is 575. The number of nitrogens with one attached hydrogen (secondary N) is 1. The number of esters is 1. The first-order chi connectivity index (χ1) is 11.7. The molecule has 0 aliphatic carbocycles. The quantitative estimate of drug-likeness (QED) is 0.300. The van der Waals surface area contributed by atoms with Gasteiger partial charge in [0.2, 0.25) is 0 Å². The lowest BCUT2D eigenvalue weighted by atomic mass is 10.2. The molecule has 0 unspecified atom stereocenters. The molecule has 0 saturated carbocycles. The van der Waals surface area contributed by atoms with Gasteiger partial charge in [0.25, 0.3) is 0 Å². The van der Waals surface area contributed by atoms with E-state index in [-0.39, 0.29) is 36.4 Å². The van der Waals surface area contributed by atoms with E-state index in [1.165, 1.54) is 7.11 Å². The Morgan fingerprint density at radius 3 is 2.56 bits per heavy atom. The minimum absolute atomic E-state index is 0. The number of benzene rings is 1. The molecule has 2 N–H and O–H groups in total. The summed E-state index contributed by atoms with van der Waals surface area (Å²) >= 11 is 0. The fourth-order valence-electron chi connectivity index (χ4n) is 2.67. The monoisotopic (exact) mass is 462 g/mol. The van der Waals surface area contributed by atoms with Crippen LogP contribution < -0.4 is 10.2 Å². The Kier molecular flexibility index (Phi) is 9.40. The number of aliphatic imine (C=N–C) groups is 1. The third-order valence-corrected chi connectivity index (χ3v) is 3.94. The summed E-state index contributed by atoms with van der Waals surface area (Å²) in [5.74, 6) is 0.877. The van der Waals surface area contributed by atoms with E-state index >= 15 is 0 Å². The van der Waals surface area contributed by atoms with Crippen LogP contribution in [0.1, 0.15) is 13.3 Å². The average molecular weight is 462 g/mol. The molecule has 0 atom stereocenters. The first-order valence-corrected chi connectivity index (χ1v) is 8.28. The summed E-state index contributed by atoms with van der Waals surface area (Å²) in [6.07, 6.45) is 0.281. The molecular weight excluding hydrogens is 435 g/mol. The molecule has 8 heteroatoms. The van der Waals surface area contributed by atoms with Crippen LogP contribution in [0.2, 0.25) is 0 Å². The number of phenolic OH excluding ortho intramolecular Hbond substituents is 1. The van der Waals surface area contributed by atoms with Crippen molar-refractivity contribution in [3.8, 4) is 5.75 Å². The predicted octanol–water partition coefficient (Wildman–Crippen LogP) is 1.66. The number of hydrogen-bond acceptors (Lipinski definition) is 5. The van der Waals surface area contributed by atoms with Gasteiger partial charge in [-0.15, -0.1) is 24.0 Å². The van der Waals surface area contributed by atoms with Crippen LogP contribution in [-0.2, 0) is 9.53 Å². The van der Waals surface area contributed by atoms with Gasteiger partial charge in [-0.25, -0.2) is 0 Å². The summed E-state index contributed by atoms with van der Waals surface area (Å²) in [5, 5.41) is 13.2. The number of halogens is 1. The van der Waals surface area contributed by atoms with Gasteiger partial charge in [-0.3, -0.25) is 9.79 Å². The predicted molar refractivity (Wildman–Crippen MR) is 110 cm³/mol. The van der Waals surface area contributed by atoms with Gasteiger partial charge in [0.15, 0.2) is 5.96 Å². The van der Waals surface area contributed by atoms with Crippen LogP contribution in [0.4, 0.5) is 5.69 Å². The molecule has 140 valence electrons. The van der Waals surface area contributed by atoms with Crippen molar-refractivity contribution in [3.63, 3.8) is 0 Å². The topological polar surface area (TPSA) is 77.4 Å². The highest BCUT2D eigenvalue weighted by atomic mass is 127. The van der Waals surface area contributed by atoms with Gasteiger partial charge in [0, 0.05) is 32.7 Å². The summed E-state index contributed by atoms with van der Waals surface area (Å²) in [7, 11) is 1.38. The van der Waals surface area contributed by atoms with Gasteiger partial charge in [0.05, 0.1) is 25.8 Å². The normalized spacial score (nSPS) is 14.7. The lowest BCUT2D eigenvalue weighted by Gasteiger charge is -2.37. The van der Waals surface area contributed by atoms with Crippen LogP contribution in [0.5, 0.6) is 5.75 Å². The molecule has 2 rings (SSSR count). The lowest BCUT2D eigenvalue weighted by molar-refractivity contribution is -0.140. The molecule has 1 aliphatic heterocycles. The molecule has 1 aromatic carbocycles. The van der Waals surface area contributed by atoms with Crippen molar-refractivity contribution in [3.05, 3.63) is 24.3 Å². The maximum atomic E-state index is 11.2. The molecule has 0 amide bonds. The third-order valence-electron chi connectivity index (χ3n) is 3.94. The lowest BCUT2D eigenvalue weighted by Crippen LogP contribution is -2.52. The van der Waals surface area contributed by atoms with Crippen LogP contribution >= 0.6 is 24.0 Å². The van der Waals surface area contributed by atoms with Crippen molar-refractivity contribution < 1.29 is 14.6 Å². The van der Waals surface area contributed by atoms with Gasteiger partial charge in [-0.05, 0) is 19.1 Å². The summed E-state index contributed by atoms with van der Waals surface area (Å²) in [4.78, 5) is 20.1. The molecule has 1 aromatic rings. The van der Waals surface area contributed by atoms with Crippen LogP contribution in [0.25, 0.3) is 0 Å². The minimum Gasteiger partial charge on any atom is -0.506 e. The Morgan fingerprint density at radius 1 is 1.28 bits per heavy atom. The van der Waals surface area contributed by atoms with Crippen molar-refractivity contribution >= 4 is 41.6 Å². The maximum absolute atomic E-state index is 11.2. The molecule has 1 aliphatic rings. The second-order valence-corrected chi connectivity index (χ2v) is 5.52. The number of hydrogen-bond donors (Lipinski definition) is 2. The molecule has 7 nitrogen and oxygen atoms in total. The van der Waals surface area contributed by atoms with Gasteiger partial charge in [-0.2, -0.15) is 0 Å². The molecule has 0 spiro atoms. The molecule has 1 saturated heterocycles. The number of rotatable bonds is 5. The molecule has 1 heterocycles. The summed E-state index contributed by atoms with van der Waals surface area (Å²) in [6.45, 7) is 6.42. The van der Waals surface area contributed by atoms with Gasteiger partial charge >= 0.3 is 5.97 Å². The average Bonchev–Trinajstić information content (AvgIpc) is 2.61. The van der Waals surface area contributed by atoms with Crippen molar-refractivity contribution in [2.24, 2.45) is 4.99 Å². The number of anilines is 1. The van der Waals surface area contributed by atoms with E-state index in [4.69, 9.17) is 0 Å². The van der Waals surface area contributed by atoms with Crippen LogP contribution in [0, 0.1) is 0 Å². The van der Waals surface area contributed by atoms with E-state index in [1.807, 2.05) is 25.1 Å². The largest absolute Gasteiger partial charge is 0.506 e. The fourth-order valence-corrected chi connectivity index (χ4v) is 2.67. The number of aromatic hydroxyl groups is 1. The Morgan fingerprint density at radius 2 is 1.96 bits per heavy atom. The zero-order valence-corrected chi connectivity index (χ0v) is 17.1. The number of carbonyl (C=O) groups excluding carboxylic acids is 1. The number of methoxy groups -OCH3 is 1. The van der Waals surface area contributed by atoms with E-state index in [0.29, 0.717) is 12.3 Å². The van der Waals surface area contributed by atoms with Crippen molar-refractivity contribution in [1.82, 2.24) is 10.2 Å². The number of guanidine groups is 1. The highest BCUT2D eigenvalue weighted by Crippen LogP contribution is 2.27. The highest BCUT2D eigenvalue weighted by Gasteiger charge is 2.21. The second kappa shape index (κ2) is 11.0. The first-order valence-electron chi connectivity index (χ1n) is 8.28. The number of para-hydroxylation sites is 2. The number of piperazine rings is 1. The van der Waals surface area contributed by atoms with Crippen molar-refractivity contribution in [2.75, 3.05) is 51.3 Å². The Balaban J connectivity index is 0.00000312. The summed E-state index contributed by atoms with van der Waals surface area (Å²) in [6, 6.07) is 7.40. The number of nitrogens with zero attached hydrogens (tertiary/aromatic N) is 3. The standard InChI is InChI=1S/C17H26N4O3.HI/c1-3-18-17(19-9-8-16(23)24-2)21-12-10-20(11-13-21)14-6-4-5-7-15(14)22;/h4-7,22H,3,8-13H2,1-2H3,(H,18,19);1H. The molecule has 0 aromatic heterocycles. The van der Waals surface area contributed by atoms with Crippen molar-refractivity contribution in [1.29, 1.82) is 0 Å². The van der Waals surface area contributed by atoms with Gasteiger partial charge in [0.1, 0.15) is 5.75 Å². The Labute approximate surface area is 166 Å². The van der Waals surface area contributed by atoms with E-state index < -0.39 is 0 Å². The number of phenols is 1. The third kappa shape index (κ3) is 6.26. The van der Waals surface area contributed by atoms with E-state index in [0.717, 1.165) is 44.4 Å². The maximum Gasteiger partial charge on any atom is 0.307 e. The molecular formula is C17H27IN4O3. The van der Waals surface area contributed by atoms with Crippen molar-refractivity contribution in [2.45, 2.75) is 13.3 Å².